The van der Waals surface area contributed by atoms with Gasteiger partial charge in [0.15, 0.2) is 0 Å². The molecule has 0 atom stereocenters. The number of rotatable bonds is 0. The largest absolute Gasteiger partial charge is 0.0832 e. The van der Waals surface area contributed by atoms with Crippen LogP contribution in [-0.2, 0) is 19.5 Å². The van der Waals surface area contributed by atoms with E-state index in [1.165, 1.54) is 0 Å². The third-order valence-electron chi connectivity index (χ3n) is 0.824. The Morgan fingerprint density at radius 3 is 2.11 bits per heavy atom. The van der Waals surface area contributed by atoms with Crippen molar-refractivity contribution in [2.75, 3.05) is 0 Å². The van der Waals surface area contributed by atoms with Gasteiger partial charge in [0.2, 0.25) is 0 Å². The van der Waals surface area contributed by atoms with Crippen LogP contribution < -0.4 is 0 Å². The Kier molecular flexibility index (Phi) is 5.09. The number of hydrogen-bond acceptors (Lipinski definition) is 0. The van der Waals surface area contributed by atoms with E-state index in [9.17, 15) is 0 Å². The second-order valence-electron chi connectivity index (χ2n) is 1.41. The summed E-state index contributed by atoms with van der Waals surface area (Å²) in [5.41, 5.74) is 0. The van der Waals surface area contributed by atoms with Crippen molar-refractivity contribution in [3.8, 4) is 0 Å². The molecule has 0 fully saturated rings. The fourth-order valence-corrected chi connectivity index (χ4v) is 0.962. The van der Waals surface area contributed by atoms with Crippen LogP contribution in [0.25, 0.3) is 0 Å². The van der Waals surface area contributed by atoms with Gasteiger partial charge >= 0.3 is 0 Å². The molecule has 0 amide bonds. The van der Waals surface area contributed by atoms with Gasteiger partial charge in [-0.1, -0.05) is 23.7 Å². The summed E-state index contributed by atoms with van der Waals surface area (Å²) in [6.07, 6.45) is 0. The molecule has 0 bridgehead atoms. The van der Waals surface area contributed by atoms with E-state index >= 15 is 0 Å². The van der Waals surface area contributed by atoms with Crippen LogP contribution in [0.15, 0.2) is 24.3 Å². The molecule has 0 aliphatic carbocycles. The molecule has 0 nitrogen and oxygen atoms in total. The van der Waals surface area contributed by atoms with Gasteiger partial charge in [0.05, 0.1) is 5.02 Å². The normalized spacial score (nSPS) is 8.22. The second-order valence-corrected chi connectivity index (χ2v) is 2.98. The average Bonchev–Trinajstić information content (AvgIpc) is 1.77. The van der Waals surface area contributed by atoms with Crippen LogP contribution in [0.4, 0.5) is 0 Å². The van der Waals surface area contributed by atoms with Crippen LogP contribution in [0.2, 0.25) is 5.02 Å². The van der Waals surface area contributed by atoms with Gasteiger partial charge in [-0.15, -0.1) is 0 Å². The first-order valence-corrected chi connectivity index (χ1v) is 3.66. The fraction of sp³-hybridized carbons (Fsp3) is 0. The van der Waals surface area contributed by atoms with E-state index in [-0.39, 0.29) is 19.5 Å². The maximum Gasteiger partial charge on any atom is 0.0539 e. The average molecular weight is 304 g/mol. The van der Waals surface area contributed by atoms with E-state index < -0.39 is 0 Å². The topological polar surface area (TPSA) is 0 Å². The predicted molar refractivity (Wildman–Crippen MR) is 44.2 cm³/mol. The number of halogens is 2. The van der Waals surface area contributed by atoms with Crippen LogP contribution in [0.1, 0.15) is 0 Å². The van der Waals surface area contributed by atoms with E-state index in [0.717, 1.165) is 8.59 Å². The molecular formula is C6H4ClIZn. The van der Waals surface area contributed by atoms with Gasteiger partial charge in [-0.05, 0) is 34.7 Å². The number of hydrogen-bond donors (Lipinski definition) is 0. The molecule has 0 N–H and O–H groups in total. The Morgan fingerprint density at radius 2 is 1.78 bits per heavy atom. The quantitative estimate of drug-likeness (QED) is 0.511. The minimum Gasteiger partial charge on any atom is -0.0832 e. The minimum atomic E-state index is 0. The third kappa shape index (κ3) is 2.97. The van der Waals surface area contributed by atoms with Gasteiger partial charge < -0.3 is 0 Å². The zero-order chi connectivity index (χ0) is 5.98. The van der Waals surface area contributed by atoms with Gasteiger partial charge in [0.1, 0.15) is 0 Å². The van der Waals surface area contributed by atoms with Gasteiger partial charge in [-0.3, -0.25) is 0 Å². The van der Waals surface area contributed by atoms with Crippen molar-refractivity contribution in [3.63, 3.8) is 0 Å². The fourth-order valence-electron chi connectivity index (χ4n) is 0.439. The van der Waals surface area contributed by atoms with Crippen molar-refractivity contribution >= 4 is 34.2 Å². The SMILES string of the molecule is Clc1ccccc1I.[Zn]. The zero-order valence-corrected chi connectivity index (χ0v) is 10.7. The summed E-state index contributed by atoms with van der Waals surface area (Å²) < 4.78 is 1.10. The Morgan fingerprint density at radius 1 is 1.22 bits per heavy atom. The summed E-state index contributed by atoms with van der Waals surface area (Å²) in [5, 5.41) is 0.827. The van der Waals surface area contributed by atoms with Crippen molar-refractivity contribution in [2.45, 2.75) is 0 Å². The maximum atomic E-state index is 5.70. The first-order chi connectivity index (χ1) is 3.80. The Balaban J connectivity index is 0.000000640. The van der Waals surface area contributed by atoms with E-state index in [0.29, 0.717) is 0 Å². The van der Waals surface area contributed by atoms with Crippen LogP contribution in [0.5, 0.6) is 0 Å². The van der Waals surface area contributed by atoms with E-state index in [1.807, 2.05) is 24.3 Å². The van der Waals surface area contributed by atoms with Crippen molar-refractivity contribution in [1.82, 2.24) is 0 Å². The molecule has 0 aliphatic heterocycles. The van der Waals surface area contributed by atoms with Crippen molar-refractivity contribution in [1.29, 1.82) is 0 Å². The van der Waals surface area contributed by atoms with Gasteiger partial charge in [0.25, 0.3) is 0 Å². The Bertz CT molecular complexity index is 169. The summed E-state index contributed by atoms with van der Waals surface area (Å²) in [4.78, 5) is 0. The molecule has 3 heteroatoms. The van der Waals surface area contributed by atoms with E-state index in [4.69, 9.17) is 11.6 Å². The molecule has 1 aromatic carbocycles. The molecule has 44 valence electrons. The molecule has 1 aromatic rings. The molecule has 0 spiro atoms. The van der Waals surface area contributed by atoms with Crippen LogP contribution in [-0.4, -0.2) is 0 Å². The van der Waals surface area contributed by atoms with Crippen molar-refractivity contribution in [3.05, 3.63) is 32.9 Å². The predicted octanol–water partition coefficient (Wildman–Crippen LogP) is 2.94. The molecule has 0 saturated carbocycles. The summed E-state index contributed by atoms with van der Waals surface area (Å²) >= 11 is 7.89. The molecule has 0 saturated heterocycles. The second kappa shape index (κ2) is 4.64. The molecular weight excluding hydrogens is 300 g/mol. The molecule has 1 rings (SSSR count). The van der Waals surface area contributed by atoms with Crippen LogP contribution >= 0.6 is 34.2 Å². The van der Waals surface area contributed by atoms with E-state index in [1.54, 1.807) is 0 Å². The smallest absolute Gasteiger partial charge is 0.0539 e. The maximum absolute atomic E-state index is 5.70. The first-order valence-electron chi connectivity index (χ1n) is 2.21. The molecule has 0 heterocycles. The third-order valence-corrected chi connectivity index (χ3v) is 2.41. The zero-order valence-electron chi connectivity index (χ0n) is 4.77. The summed E-state index contributed by atoms with van der Waals surface area (Å²) in [6.45, 7) is 0. The molecule has 9 heavy (non-hydrogen) atoms. The van der Waals surface area contributed by atoms with Gasteiger partial charge in [-0.2, -0.15) is 0 Å². The van der Waals surface area contributed by atoms with E-state index in [2.05, 4.69) is 22.6 Å². The van der Waals surface area contributed by atoms with Crippen molar-refractivity contribution < 1.29 is 19.5 Å². The standard InChI is InChI=1S/C6H4ClI.Zn/c7-5-3-1-2-4-6(5)8;/h1-4H;. The summed E-state index contributed by atoms with van der Waals surface area (Å²) in [5.74, 6) is 0. The summed E-state index contributed by atoms with van der Waals surface area (Å²) in [7, 11) is 0. The molecule has 0 radical (unpaired) electrons. The van der Waals surface area contributed by atoms with Gasteiger partial charge in [0, 0.05) is 23.0 Å². The Labute approximate surface area is 85.9 Å². The van der Waals surface area contributed by atoms with Crippen LogP contribution in [0.3, 0.4) is 0 Å². The molecule has 0 aromatic heterocycles. The van der Waals surface area contributed by atoms with Gasteiger partial charge in [-0.25, -0.2) is 0 Å². The first kappa shape index (κ1) is 9.86. The molecule has 0 aliphatic rings. The monoisotopic (exact) mass is 302 g/mol. The van der Waals surface area contributed by atoms with Crippen LogP contribution in [0, 0.1) is 3.57 Å². The van der Waals surface area contributed by atoms with Crippen molar-refractivity contribution in [2.24, 2.45) is 0 Å². The minimum absolute atomic E-state index is 0. The Hall–Kier alpha value is 0.863. The molecule has 0 unspecified atom stereocenters. The number of benzene rings is 1. The summed E-state index contributed by atoms with van der Waals surface area (Å²) in [6, 6.07) is 7.74.